The van der Waals surface area contributed by atoms with Crippen molar-refractivity contribution in [1.82, 2.24) is 4.90 Å². The number of hydrogen-bond acceptors (Lipinski definition) is 1. The highest BCUT2D eigenvalue weighted by Gasteiger charge is 1.99. The lowest BCUT2D eigenvalue weighted by atomic mass is 10.2. The van der Waals surface area contributed by atoms with Crippen LogP contribution in [-0.4, -0.2) is 19.0 Å². The number of allylic oxidation sites excluding steroid dienone is 1. The molecule has 0 atom stereocenters. The highest BCUT2D eigenvalue weighted by atomic mass is 35.5. The fourth-order valence-corrected chi connectivity index (χ4v) is 1.32. The molecular formula is C12H18Cl3N. The van der Waals surface area contributed by atoms with Crippen LogP contribution in [0.2, 0.25) is 10.0 Å². The molecule has 0 aliphatic rings. The Bertz CT molecular complexity index is 311. The standard InChI is InChI=1S/C9H11Cl2N.C3H6.ClH/c1-12(2)6-7-3-4-8(10)9(11)5-7;1-3-2;/h3-5H,6H2,1-2H3;3H,1H2,2H3;1H. The smallest absolute Gasteiger partial charge is 0.0595 e. The molecule has 92 valence electrons. The van der Waals surface area contributed by atoms with Crippen LogP contribution in [0.15, 0.2) is 30.9 Å². The molecule has 0 radical (unpaired) electrons. The number of hydrogen-bond donors (Lipinski definition) is 0. The van der Waals surface area contributed by atoms with Crippen LogP contribution in [0.25, 0.3) is 0 Å². The number of halogens is 3. The normalized spacial score (nSPS) is 8.88. The summed E-state index contributed by atoms with van der Waals surface area (Å²) in [6.45, 7) is 6.14. The lowest BCUT2D eigenvalue weighted by Gasteiger charge is -2.09. The Morgan fingerprint density at radius 2 is 1.75 bits per heavy atom. The van der Waals surface area contributed by atoms with Gasteiger partial charge in [0.15, 0.2) is 0 Å². The van der Waals surface area contributed by atoms with E-state index in [4.69, 9.17) is 23.2 Å². The summed E-state index contributed by atoms with van der Waals surface area (Å²) >= 11 is 11.6. The molecule has 0 unspecified atom stereocenters. The third-order valence-electron chi connectivity index (χ3n) is 1.48. The van der Waals surface area contributed by atoms with Crippen molar-refractivity contribution in [3.8, 4) is 0 Å². The molecule has 0 aromatic heterocycles. The van der Waals surface area contributed by atoms with Crippen molar-refractivity contribution >= 4 is 35.6 Å². The van der Waals surface area contributed by atoms with E-state index in [1.54, 1.807) is 6.08 Å². The summed E-state index contributed by atoms with van der Waals surface area (Å²) in [5, 5.41) is 1.23. The highest BCUT2D eigenvalue weighted by Crippen LogP contribution is 2.22. The molecule has 1 rings (SSSR count). The summed E-state index contributed by atoms with van der Waals surface area (Å²) in [5.41, 5.74) is 1.18. The molecular weight excluding hydrogens is 264 g/mol. The van der Waals surface area contributed by atoms with Gasteiger partial charge in [0.25, 0.3) is 0 Å². The molecule has 0 aliphatic heterocycles. The van der Waals surface area contributed by atoms with Crippen molar-refractivity contribution in [2.75, 3.05) is 14.1 Å². The van der Waals surface area contributed by atoms with Gasteiger partial charge in [-0.1, -0.05) is 35.3 Å². The van der Waals surface area contributed by atoms with Crippen LogP contribution in [-0.2, 0) is 6.54 Å². The van der Waals surface area contributed by atoms with Crippen LogP contribution in [0.5, 0.6) is 0 Å². The van der Waals surface area contributed by atoms with Crippen molar-refractivity contribution < 1.29 is 0 Å². The largest absolute Gasteiger partial charge is 0.305 e. The molecule has 4 heteroatoms. The Hall–Kier alpha value is -0.210. The summed E-state index contributed by atoms with van der Waals surface area (Å²) < 4.78 is 0. The summed E-state index contributed by atoms with van der Waals surface area (Å²) in [4.78, 5) is 2.08. The van der Waals surface area contributed by atoms with Gasteiger partial charge in [-0.2, -0.15) is 0 Å². The Balaban J connectivity index is 0. The SMILES string of the molecule is C=CC.CN(C)Cc1ccc(Cl)c(Cl)c1.Cl. The molecule has 0 saturated heterocycles. The average Bonchev–Trinajstić information content (AvgIpc) is 2.12. The zero-order chi connectivity index (χ0) is 11.8. The number of benzene rings is 1. The van der Waals surface area contributed by atoms with E-state index < -0.39 is 0 Å². The first-order valence-electron chi connectivity index (χ1n) is 4.67. The maximum Gasteiger partial charge on any atom is 0.0595 e. The van der Waals surface area contributed by atoms with Crippen LogP contribution >= 0.6 is 35.6 Å². The van der Waals surface area contributed by atoms with Gasteiger partial charge in [0, 0.05) is 6.54 Å². The first-order chi connectivity index (χ1) is 7.01. The molecule has 16 heavy (non-hydrogen) atoms. The fraction of sp³-hybridized carbons (Fsp3) is 0.333. The second kappa shape index (κ2) is 9.98. The maximum atomic E-state index is 5.85. The van der Waals surface area contributed by atoms with E-state index in [2.05, 4.69) is 11.5 Å². The molecule has 0 amide bonds. The minimum absolute atomic E-state index is 0. The van der Waals surface area contributed by atoms with E-state index in [1.165, 1.54) is 5.56 Å². The fourth-order valence-electron chi connectivity index (χ4n) is 1.00. The second-order valence-corrected chi connectivity index (χ2v) is 4.21. The Morgan fingerprint density at radius 1 is 1.25 bits per heavy atom. The summed E-state index contributed by atoms with van der Waals surface area (Å²) in [5.74, 6) is 0. The average molecular weight is 283 g/mol. The van der Waals surface area contributed by atoms with E-state index in [1.807, 2.05) is 39.2 Å². The van der Waals surface area contributed by atoms with Gasteiger partial charge in [-0.15, -0.1) is 19.0 Å². The van der Waals surface area contributed by atoms with E-state index in [-0.39, 0.29) is 12.4 Å². The highest BCUT2D eigenvalue weighted by molar-refractivity contribution is 6.42. The predicted molar refractivity (Wildman–Crippen MR) is 77.0 cm³/mol. The molecule has 0 bridgehead atoms. The lowest BCUT2D eigenvalue weighted by Crippen LogP contribution is -2.10. The van der Waals surface area contributed by atoms with Crippen LogP contribution in [0.1, 0.15) is 12.5 Å². The van der Waals surface area contributed by atoms with Crippen molar-refractivity contribution in [2.45, 2.75) is 13.5 Å². The summed E-state index contributed by atoms with van der Waals surface area (Å²) in [6, 6.07) is 5.70. The van der Waals surface area contributed by atoms with Gasteiger partial charge >= 0.3 is 0 Å². The number of nitrogens with zero attached hydrogens (tertiary/aromatic N) is 1. The summed E-state index contributed by atoms with van der Waals surface area (Å²) in [7, 11) is 4.03. The minimum Gasteiger partial charge on any atom is -0.305 e. The molecule has 0 N–H and O–H groups in total. The van der Waals surface area contributed by atoms with Crippen LogP contribution in [0.4, 0.5) is 0 Å². The zero-order valence-corrected chi connectivity index (χ0v) is 12.2. The van der Waals surface area contributed by atoms with Gasteiger partial charge in [0.05, 0.1) is 10.0 Å². The van der Waals surface area contributed by atoms with Crippen LogP contribution in [0, 0.1) is 0 Å². The lowest BCUT2D eigenvalue weighted by molar-refractivity contribution is 0.402. The van der Waals surface area contributed by atoms with Crippen molar-refractivity contribution in [2.24, 2.45) is 0 Å². The molecule has 0 heterocycles. The molecule has 1 nitrogen and oxygen atoms in total. The third kappa shape index (κ3) is 8.00. The minimum atomic E-state index is 0. The van der Waals surface area contributed by atoms with Gasteiger partial charge in [-0.3, -0.25) is 0 Å². The van der Waals surface area contributed by atoms with E-state index in [0.29, 0.717) is 10.0 Å². The van der Waals surface area contributed by atoms with Crippen LogP contribution in [0.3, 0.4) is 0 Å². The Labute approximate surface area is 114 Å². The van der Waals surface area contributed by atoms with Gasteiger partial charge in [-0.25, -0.2) is 0 Å². The van der Waals surface area contributed by atoms with E-state index >= 15 is 0 Å². The third-order valence-corrected chi connectivity index (χ3v) is 2.22. The molecule has 0 saturated carbocycles. The molecule has 1 aromatic carbocycles. The molecule has 0 spiro atoms. The van der Waals surface area contributed by atoms with Gasteiger partial charge in [0.1, 0.15) is 0 Å². The topological polar surface area (TPSA) is 3.24 Å². The maximum absolute atomic E-state index is 5.85. The predicted octanol–water partition coefficient (Wildman–Crippen LogP) is 4.67. The zero-order valence-electron chi connectivity index (χ0n) is 9.84. The molecule has 0 aliphatic carbocycles. The van der Waals surface area contributed by atoms with Crippen molar-refractivity contribution in [1.29, 1.82) is 0 Å². The second-order valence-electron chi connectivity index (χ2n) is 3.39. The Kier molecular flexibility index (Phi) is 11.3. The number of rotatable bonds is 2. The van der Waals surface area contributed by atoms with Crippen LogP contribution < -0.4 is 0 Å². The van der Waals surface area contributed by atoms with Gasteiger partial charge in [-0.05, 0) is 38.7 Å². The molecule has 1 aromatic rings. The molecule has 0 fully saturated rings. The van der Waals surface area contributed by atoms with E-state index in [0.717, 1.165) is 6.54 Å². The van der Waals surface area contributed by atoms with E-state index in [9.17, 15) is 0 Å². The quantitative estimate of drug-likeness (QED) is 0.713. The van der Waals surface area contributed by atoms with Gasteiger partial charge in [0.2, 0.25) is 0 Å². The first kappa shape index (κ1) is 18.2. The first-order valence-corrected chi connectivity index (χ1v) is 5.42. The monoisotopic (exact) mass is 281 g/mol. The van der Waals surface area contributed by atoms with Gasteiger partial charge < -0.3 is 4.90 Å². The van der Waals surface area contributed by atoms with Crippen molar-refractivity contribution in [3.05, 3.63) is 46.5 Å². The Morgan fingerprint density at radius 3 is 2.12 bits per heavy atom. The summed E-state index contributed by atoms with van der Waals surface area (Å²) in [6.07, 6.45) is 1.75. The van der Waals surface area contributed by atoms with Crippen molar-refractivity contribution in [3.63, 3.8) is 0 Å².